The molecule has 5 rings (SSSR count). The van der Waals surface area contributed by atoms with Gasteiger partial charge in [0, 0.05) is 6.07 Å². The molecule has 0 bridgehead atoms. The zero-order chi connectivity index (χ0) is 21.5. The van der Waals surface area contributed by atoms with Crippen LogP contribution in [-0.2, 0) is 14.4 Å². The maximum Gasteiger partial charge on any atom is 0.266 e. The summed E-state index contributed by atoms with van der Waals surface area (Å²) in [5.74, 6) is -0.701. The number of aryl methyl sites for hydroxylation is 1. The molecule has 2 amide bonds. The Balaban J connectivity index is 1.60. The molecule has 3 aromatic carbocycles. The fourth-order valence-electron chi connectivity index (χ4n) is 4.45. The normalized spacial score (nSPS) is 22.7. The lowest BCUT2D eigenvalue weighted by atomic mass is 9.88. The minimum atomic E-state index is -0.886. The molecule has 0 spiro atoms. The van der Waals surface area contributed by atoms with Crippen LogP contribution >= 0.6 is 0 Å². The quantitative estimate of drug-likeness (QED) is 0.603. The Morgan fingerprint density at radius 3 is 2.29 bits per heavy atom. The molecule has 6 nitrogen and oxygen atoms in total. The highest BCUT2D eigenvalue weighted by Crippen LogP contribution is 2.48. The molecule has 31 heavy (non-hydrogen) atoms. The third-order valence-corrected chi connectivity index (χ3v) is 5.94. The Hall–Kier alpha value is -3.64. The third-order valence-electron chi connectivity index (χ3n) is 5.94. The van der Waals surface area contributed by atoms with Crippen LogP contribution in [0.2, 0.25) is 0 Å². The molecule has 0 saturated carbocycles. The lowest BCUT2D eigenvalue weighted by Crippen LogP contribution is -2.37. The van der Waals surface area contributed by atoms with Gasteiger partial charge < -0.3 is 4.74 Å². The van der Waals surface area contributed by atoms with Crippen LogP contribution in [0.15, 0.2) is 78.9 Å². The molecule has 6 heteroatoms. The van der Waals surface area contributed by atoms with Crippen LogP contribution in [0.25, 0.3) is 0 Å². The Bertz CT molecular complexity index is 1150. The van der Waals surface area contributed by atoms with Gasteiger partial charge in [-0.25, -0.2) is 9.96 Å². The van der Waals surface area contributed by atoms with E-state index in [1.807, 2.05) is 61.5 Å². The topological polar surface area (TPSA) is 59.1 Å². The Morgan fingerprint density at radius 1 is 0.839 bits per heavy atom. The van der Waals surface area contributed by atoms with Crippen molar-refractivity contribution >= 4 is 23.2 Å². The van der Waals surface area contributed by atoms with Crippen LogP contribution in [0.5, 0.6) is 5.75 Å². The smallest absolute Gasteiger partial charge is 0.266 e. The second kappa shape index (κ2) is 7.56. The zero-order valence-electron chi connectivity index (χ0n) is 17.3. The lowest BCUT2D eigenvalue weighted by Gasteiger charge is -2.29. The number of ether oxygens (including phenoxy) is 1. The van der Waals surface area contributed by atoms with E-state index < -0.39 is 18.1 Å². The molecule has 0 radical (unpaired) electrons. The number of fused-ring (bicyclic) bond motifs is 1. The molecule has 2 fully saturated rings. The molecular formula is C25H22N2O4. The van der Waals surface area contributed by atoms with Crippen molar-refractivity contribution in [3.8, 4) is 5.75 Å². The average Bonchev–Trinajstić information content (AvgIpc) is 3.31. The summed E-state index contributed by atoms with van der Waals surface area (Å²) in [4.78, 5) is 34.4. The van der Waals surface area contributed by atoms with Crippen molar-refractivity contribution in [1.82, 2.24) is 0 Å². The van der Waals surface area contributed by atoms with E-state index in [0.717, 1.165) is 16.8 Å². The first-order chi connectivity index (χ1) is 15.1. The van der Waals surface area contributed by atoms with Crippen molar-refractivity contribution < 1.29 is 19.2 Å². The van der Waals surface area contributed by atoms with Crippen LogP contribution in [0.1, 0.15) is 17.2 Å². The number of hydroxylamine groups is 1. The number of rotatable bonds is 4. The zero-order valence-corrected chi connectivity index (χ0v) is 17.3. The number of methoxy groups -OCH3 is 1. The van der Waals surface area contributed by atoms with Gasteiger partial charge in [-0.2, -0.15) is 0 Å². The second-order valence-corrected chi connectivity index (χ2v) is 7.73. The molecule has 2 heterocycles. The largest absolute Gasteiger partial charge is 0.497 e. The lowest BCUT2D eigenvalue weighted by molar-refractivity contribution is -0.126. The molecule has 3 atom stereocenters. The van der Waals surface area contributed by atoms with Crippen molar-refractivity contribution in [3.05, 3.63) is 90.0 Å². The number of anilines is 2. The SMILES string of the molecule is COc1cccc(N2C(=O)[C@H]3[C@H](ON(c4ccccc4)[C@@H]3c3ccccc3C)C2=O)c1. The second-order valence-electron chi connectivity index (χ2n) is 7.73. The van der Waals surface area contributed by atoms with Gasteiger partial charge >= 0.3 is 0 Å². The van der Waals surface area contributed by atoms with Gasteiger partial charge in [-0.15, -0.1) is 0 Å². The summed E-state index contributed by atoms with van der Waals surface area (Å²) in [6, 6.07) is 24.0. The van der Waals surface area contributed by atoms with Gasteiger partial charge in [0.25, 0.3) is 5.91 Å². The molecule has 2 aliphatic heterocycles. The van der Waals surface area contributed by atoms with Gasteiger partial charge in [-0.05, 0) is 42.3 Å². The monoisotopic (exact) mass is 414 g/mol. The Labute approximate surface area is 180 Å². The molecular weight excluding hydrogens is 392 g/mol. The van der Waals surface area contributed by atoms with E-state index in [9.17, 15) is 9.59 Å². The van der Waals surface area contributed by atoms with E-state index in [1.165, 1.54) is 4.90 Å². The summed E-state index contributed by atoms with van der Waals surface area (Å²) in [5, 5.41) is 1.72. The van der Waals surface area contributed by atoms with Gasteiger partial charge in [0.05, 0.1) is 24.5 Å². The van der Waals surface area contributed by atoms with E-state index in [1.54, 1.807) is 36.4 Å². The fraction of sp³-hybridized carbons (Fsp3) is 0.200. The van der Waals surface area contributed by atoms with Gasteiger partial charge in [0.15, 0.2) is 6.10 Å². The Morgan fingerprint density at radius 2 is 1.55 bits per heavy atom. The molecule has 0 aliphatic carbocycles. The van der Waals surface area contributed by atoms with E-state index in [4.69, 9.17) is 9.57 Å². The molecule has 3 aromatic rings. The summed E-state index contributed by atoms with van der Waals surface area (Å²) < 4.78 is 5.27. The van der Waals surface area contributed by atoms with Crippen molar-refractivity contribution in [3.63, 3.8) is 0 Å². The minimum absolute atomic E-state index is 0.269. The molecule has 0 unspecified atom stereocenters. The predicted octanol–water partition coefficient (Wildman–Crippen LogP) is 4.05. The highest BCUT2D eigenvalue weighted by atomic mass is 16.7. The number of carbonyl (C=O) groups excluding carboxylic acids is 2. The highest BCUT2D eigenvalue weighted by molar-refractivity contribution is 6.24. The summed E-state index contributed by atoms with van der Waals surface area (Å²) >= 11 is 0. The number of imide groups is 1. The summed E-state index contributed by atoms with van der Waals surface area (Å²) in [5.41, 5.74) is 3.30. The Kier molecular flexibility index (Phi) is 4.71. The van der Waals surface area contributed by atoms with E-state index >= 15 is 0 Å². The van der Waals surface area contributed by atoms with Crippen LogP contribution in [0.3, 0.4) is 0 Å². The first-order valence-corrected chi connectivity index (χ1v) is 10.2. The fourth-order valence-corrected chi connectivity index (χ4v) is 4.45. The minimum Gasteiger partial charge on any atom is -0.497 e. The first-order valence-electron chi connectivity index (χ1n) is 10.2. The highest BCUT2D eigenvalue weighted by Gasteiger charge is 2.60. The van der Waals surface area contributed by atoms with Gasteiger partial charge in [0.1, 0.15) is 11.7 Å². The van der Waals surface area contributed by atoms with Gasteiger partial charge in [-0.1, -0.05) is 48.5 Å². The first kappa shape index (κ1) is 19.3. The molecule has 0 aromatic heterocycles. The van der Waals surface area contributed by atoms with Crippen LogP contribution in [-0.4, -0.2) is 25.0 Å². The van der Waals surface area contributed by atoms with Crippen molar-refractivity contribution in [1.29, 1.82) is 0 Å². The maximum absolute atomic E-state index is 13.6. The number of amides is 2. The van der Waals surface area contributed by atoms with Crippen LogP contribution in [0, 0.1) is 12.8 Å². The van der Waals surface area contributed by atoms with E-state index in [0.29, 0.717) is 11.4 Å². The number of para-hydroxylation sites is 1. The van der Waals surface area contributed by atoms with E-state index in [2.05, 4.69) is 0 Å². The summed E-state index contributed by atoms with van der Waals surface area (Å²) in [7, 11) is 1.55. The van der Waals surface area contributed by atoms with Crippen molar-refractivity contribution in [2.75, 3.05) is 17.1 Å². The molecule has 2 saturated heterocycles. The van der Waals surface area contributed by atoms with E-state index in [-0.39, 0.29) is 11.8 Å². The van der Waals surface area contributed by atoms with Crippen LogP contribution < -0.4 is 14.7 Å². The van der Waals surface area contributed by atoms with Crippen molar-refractivity contribution in [2.24, 2.45) is 5.92 Å². The maximum atomic E-state index is 13.6. The number of hydrogen-bond donors (Lipinski definition) is 0. The number of carbonyl (C=O) groups is 2. The van der Waals surface area contributed by atoms with Crippen LogP contribution in [0.4, 0.5) is 11.4 Å². The summed E-state index contributed by atoms with van der Waals surface area (Å²) in [6.45, 7) is 2.01. The third kappa shape index (κ3) is 3.07. The van der Waals surface area contributed by atoms with Gasteiger partial charge in [0.2, 0.25) is 5.91 Å². The van der Waals surface area contributed by atoms with Crippen molar-refractivity contribution in [2.45, 2.75) is 19.1 Å². The van der Waals surface area contributed by atoms with Gasteiger partial charge in [-0.3, -0.25) is 14.4 Å². The average molecular weight is 414 g/mol. The predicted molar refractivity (Wildman–Crippen MR) is 117 cm³/mol. The number of nitrogens with zero attached hydrogens (tertiary/aromatic N) is 2. The molecule has 0 N–H and O–H groups in total. The number of benzene rings is 3. The molecule has 156 valence electrons. The summed E-state index contributed by atoms with van der Waals surface area (Å²) in [6.07, 6.45) is -0.886. The number of hydrogen-bond acceptors (Lipinski definition) is 5. The standard InChI is InChI=1S/C25H22N2O4/c1-16-9-6-7-14-20(16)22-21-23(31-27(22)17-10-4-3-5-11-17)25(29)26(24(21)28)18-12-8-13-19(15-18)30-2/h3-15,21-23H,1-2H3/t21-,22-,23+/m1/s1. The molecule has 2 aliphatic rings.